The summed E-state index contributed by atoms with van der Waals surface area (Å²) in [7, 11) is -1.31. The fourth-order valence-electron chi connectivity index (χ4n) is 2.24. The molecule has 0 aliphatic heterocycles. The van der Waals surface area contributed by atoms with Crippen LogP contribution in [0.3, 0.4) is 0 Å². The summed E-state index contributed by atoms with van der Waals surface area (Å²) in [6, 6.07) is -1.24. The maximum Gasteiger partial charge on any atom is 0.328 e. The van der Waals surface area contributed by atoms with Gasteiger partial charge in [0, 0.05) is 14.6 Å². The molecule has 0 fully saturated rings. The summed E-state index contributed by atoms with van der Waals surface area (Å²) in [5.74, 6) is -0.838. The third kappa shape index (κ3) is 14.1. The average molecular weight is 404 g/mol. The van der Waals surface area contributed by atoms with Crippen molar-refractivity contribution >= 4 is 26.0 Å². The molecule has 8 N–H and O–H groups in total. The van der Waals surface area contributed by atoms with Gasteiger partial charge in [0.05, 0.1) is 12.6 Å². The molecule has 0 saturated carbocycles. The van der Waals surface area contributed by atoms with Crippen molar-refractivity contribution in [2.75, 3.05) is 19.7 Å². The zero-order chi connectivity index (χ0) is 20.9. The van der Waals surface area contributed by atoms with E-state index in [9.17, 15) is 14.4 Å². The van der Waals surface area contributed by atoms with Crippen LogP contribution in [0, 0.1) is 0 Å². The lowest BCUT2D eigenvalue weighted by atomic mass is 10.1. The van der Waals surface area contributed by atoms with Gasteiger partial charge in [-0.25, -0.2) is 9.59 Å². The summed E-state index contributed by atoms with van der Waals surface area (Å²) >= 11 is 0. The van der Waals surface area contributed by atoms with Crippen LogP contribution in [0.4, 0.5) is 4.79 Å². The molecule has 0 bridgehead atoms. The van der Waals surface area contributed by atoms with Crippen LogP contribution in [0.1, 0.15) is 32.1 Å². The minimum absolute atomic E-state index is 0.342. The molecule has 27 heavy (non-hydrogen) atoms. The van der Waals surface area contributed by atoms with Crippen molar-refractivity contribution in [1.82, 2.24) is 10.6 Å². The molecule has 0 radical (unpaired) electrons. The molecule has 0 aliphatic rings. The second kappa shape index (κ2) is 13.5. The Hall–Kier alpha value is -1.65. The lowest BCUT2D eigenvalue weighted by Gasteiger charge is -2.21. The normalized spacial score (nSPS) is 13.5. The zero-order valence-electron chi connectivity index (χ0n) is 16.9. The summed E-state index contributed by atoms with van der Waals surface area (Å²) in [5.41, 5.74) is 16.3. The average Bonchev–Trinajstić information content (AvgIpc) is 2.56. The molecule has 0 aromatic heterocycles. The molecule has 2 atom stereocenters. The van der Waals surface area contributed by atoms with Crippen LogP contribution in [0.15, 0.2) is 0 Å². The summed E-state index contributed by atoms with van der Waals surface area (Å²) in [5, 5.41) is 5.13. The molecule has 0 saturated heterocycles. The fraction of sp³-hybridized carbons (Fsp3) is 0.824. The van der Waals surface area contributed by atoms with E-state index in [1.54, 1.807) is 0 Å². The summed E-state index contributed by atoms with van der Waals surface area (Å²) in [6.07, 6.45) is 2.81. The number of nitrogens with one attached hydrogen (secondary N) is 2. The van der Waals surface area contributed by atoms with Crippen LogP contribution >= 0.6 is 0 Å². The van der Waals surface area contributed by atoms with Gasteiger partial charge >= 0.3 is 12.0 Å². The first-order valence-corrected chi connectivity index (χ1v) is 13.2. The Balaban J connectivity index is 4.52. The molecule has 0 rings (SSSR count). The molecule has 9 nitrogen and oxygen atoms in total. The number of amides is 3. The standard InChI is InChI=1S/C17H37N5O4Si/c1-27(2,3)12-11-26-16(24)14(8-4-5-9-18)22-15(23)13(19)7-6-10-21-17(20)25/h13-14H,4-12,18-19H2,1-3H3,(H,22,23)(H3,20,21,25). The topological polar surface area (TPSA) is 163 Å². The SMILES string of the molecule is C[Si](C)(C)CCOC(=O)C(CCCCN)NC(=O)C(N)CCCNC(N)=O. The van der Waals surface area contributed by atoms with E-state index in [1.165, 1.54) is 0 Å². The Morgan fingerprint density at radius 2 is 1.74 bits per heavy atom. The van der Waals surface area contributed by atoms with Crippen molar-refractivity contribution < 1.29 is 19.1 Å². The highest BCUT2D eigenvalue weighted by molar-refractivity contribution is 6.76. The van der Waals surface area contributed by atoms with Gasteiger partial charge in [-0.05, 0) is 44.7 Å². The Bertz CT molecular complexity index is 471. The van der Waals surface area contributed by atoms with Crippen LogP contribution in [-0.4, -0.2) is 57.8 Å². The van der Waals surface area contributed by atoms with Crippen molar-refractivity contribution in [3.8, 4) is 0 Å². The van der Waals surface area contributed by atoms with E-state index in [1.807, 2.05) is 0 Å². The number of hydrogen-bond acceptors (Lipinski definition) is 6. The summed E-state index contributed by atoms with van der Waals surface area (Å²) in [4.78, 5) is 35.3. The lowest BCUT2D eigenvalue weighted by molar-refractivity contribution is -0.147. The fourth-order valence-corrected chi connectivity index (χ4v) is 2.96. The number of unbranched alkanes of at least 4 members (excludes halogenated alkanes) is 1. The summed E-state index contributed by atoms with van der Waals surface area (Å²) in [6.45, 7) is 7.84. The van der Waals surface area contributed by atoms with E-state index in [0.717, 1.165) is 12.5 Å². The number of nitrogens with two attached hydrogens (primary N) is 3. The van der Waals surface area contributed by atoms with Crippen LogP contribution in [-0.2, 0) is 14.3 Å². The first-order valence-electron chi connectivity index (χ1n) is 9.53. The first-order chi connectivity index (χ1) is 12.6. The Labute approximate surface area is 163 Å². The van der Waals surface area contributed by atoms with Gasteiger partial charge in [0.1, 0.15) is 6.04 Å². The maximum absolute atomic E-state index is 12.4. The molecule has 0 aromatic rings. The minimum Gasteiger partial charge on any atom is -0.464 e. The first kappa shape index (κ1) is 25.3. The maximum atomic E-state index is 12.4. The van der Waals surface area contributed by atoms with E-state index >= 15 is 0 Å². The second-order valence-corrected chi connectivity index (χ2v) is 13.5. The van der Waals surface area contributed by atoms with Gasteiger partial charge in [0.15, 0.2) is 0 Å². The number of urea groups is 1. The summed E-state index contributed by atoms with van der Waals surface area (Å²) < 4.78 is 5.36. The Kier molecular flexibility index (Phi) is 12.7. The number of carbonyl (C=O) groups excluding carboxylic acids is 3. The van der Waals surface area contributed by atoms with Crippen molar-refractivity contribution in [3.05, 3.63) is 0 Å². The number of rotatable bonds is 14. The molecule has 2 unspecified atom stereocenters. The van der Waals surface area contributed by atoms with E-state index in [0.29, 0.717) is 45.4 Å². The van der Waals surface area contributed by atoms with Gasteiger partial charge in [-0.2, -0.15) is 0 Å². The highest BCUT2D eigenvalue weighted by atomic mass is 28.3. The number of primary amides is 1. The smallest absolute Gasteiger partial charge is 0.328 e. The Morgan fingerprint density at radius 3 is 2.30 bits per heavy atom. The highest BCUT2D eigenvalue weighted by Crippen LogP contribution is 2.09. The molecule has 0 aliphatic carbocycles. The van der Waals surface area contributed by atoms with Gasteiger partial charge in [-0.15, -0.1) is 0 Å². The van der Waals surface area contributed by atoms with Gasteiger partial charge in [0.25, 0.3) is 0 Å². The van der Waals surface area contributed by atoms with Crippen molar-refractivity contribution in [1.29, 1.82) is 0 Å². The molecular weight excluding hydrogens is 366 g/mol. The molecular formula is C17H37N5O4Si. The van der Waals surface area contributed by atoms with Gasteiger partial charge in [-0.3, -0.25) is 4.79 Å². The zero-order valence-corrected chi connectivity index (χ0v) is 17.9. The quantitative estimate of drug-likeness (QED) is 0.159. The molecule has 0 aromatic carbocycles. The van der Waals surface area contributed by atoms with Crippen molar-refractivity contribution in [2.24, 2.45) is 17.2 Å². The minimum atomic E-state index is -1.31. The third-order valence-corrected chi connectivity index (χ3v) is 5.68. The molecule has 0 heterocycles. The van der Waals surface area contributed by atoms with Crippen LogP contribution in [0.25, 0.3) is 0 Å². The van der Waals surface area contributed by atoms with E-state index in [-0.39, 0.29) is 0 Å². The largest absolute Gasteiger partial charge is 0.464 e. The molecule has 10 heteroatoms. The molecule has 158 valence electrons. The van der Waals surface area contributed by atoms with Gasteiger partial charge in [-0.1, -0.05) is 19.6 Å². The van der Waals surface area contributed by atoms with Crippen LogP contribution in [0.5, 0.6) is 0 Å². The highest BCUT2D eigenvalue weighted by Gasteiger charge is 2.25. The van der Waals surface area contributed by atoms with Crippen molar-refractivity contribution in [3.63, 3.8) is 0 Å². The van der Waals surface area contributed by atoms with Crippen molar-refractivity contribution in [2.45, 2.75) is 69.9 Å². The van der Waals surface area contributed by atoms with E-state index < -0.39 is 38.1 Å². The monoisotopic (exact) mass is 403 g/mol. The second-order valence-electron chi connectivity index (χ2n) is 7.86. The van der Waals surface area contributed by atoms with Gasteiger partial charge in [0.2, 0.25) is 5.91 Å². The predicted octanol–water partition coefficient (Wildman–Crippen LogP) is 0.257. The van der Waals surface area contributed by atoms with Gasteiger partial charge < -0.3 is 32.6 Å². The molecule has 3 amide bonds. The predicted molar refractivity (Wildman–Crippen MR) is 109 cm³/mol. The number of carbonyl (C=O) groups is 3. The number of ether oxygens (including phenoxy) is 1. The van der Waals surface area contributed by atoms with E-state index in [2.05, 4.69) is 30.3 Å². The Morgan fingerprint density at radius 1 is 1.07 bits per heavy atom. The molecule has 0 spiro atoms. The number of hydrogen-bond donors (Lipinski definition) is 5. The lowest BCUT2D eigenvalue weighted by Crippen LogP contribution is -2.49. The third-order valence-electron chi connectivity index (χ3n) is 3.97. The number of esters is 1. The van der Waals surface area contributed by atoms with Crippen LogP contribution in [0.2, 0.25) is 25.7 Å². The van der Waals surface area contributed by atoms with Crippen LogP contribution < -0.4 is 27.8 Å². The van der Waals surface area contributed by atoms with E-state index in [4.69, 9.17) is 21.9 Å².